The number of hydrogen-bond donors (Lipinski definition) is 0. The summed E-state index contributed by atoms with van der Waals surface area (Å²) in [5.74, 6) is 0. The first-order valence-corrected chi connectivity index (χ1v) is 4.65. The van der Waals surface area contributed by atoms with Gasteiger partial charge >= 0.3 is 0 Å². The third kappa shape index (κ3) is 2.06. The van der Waals surface area contributed by atoms with Gasteiger partial charge in [0.2, 0.25) is 6.54 Å². The molecule has 0 N–H and O–H groups in total. The topological polar surface area (TPSA) is 4.36 Å². The Kier molecular flexibility index (Phi) is 3.13. The van der Waals surface area contributed by atoms with Crippen molar-refractivity contribution in [2.45, 2.75) is 19.8 Å². The molecule has 1 nitrogen and oxygen atoms in total. The van der Waals surface area contributed by atoms with Gasteiger partial charge in [-0.15, -0.1) is 11.3 Å². The van der Waals surface area contributed by atoms with E-state index in [-0.39, 0.29) is 0 Å². The van der Waals surface area contributed by atoms with E-state index in [0.29, 0.717) is 6.54 Å². The molecule has 0 amide bonds. The molecule has 0 fully saturated rings. The highest BCUT2D eigenvalue weighted by Gasteiger charge is 2.02. The van der Waals surface area contributed by atoms with Crippen LogP contribution in [0.15, 0.2) is 11.4 Å². The molecular formula is C9H11NS. The van der Waals surface area contributed by atoms with Gasteiger partial charge in [-0.2, -0.15) is 0 Å². The molecule has 1 aromatic heterocycles. The van der Waals surface area contributed by atoms with Gasteiger partial charge in [-0.25, -0.2) is 6.57 Å². The molecule has 0 bridgehead atoms. The van der Waals surface area contributed by atoms with E-state index in [1.807, 2.05) is 0 Å². The maximum absolute atomic E-state index is 6.66. The molecule has 1 aromatic rings. The molecule has 11 heavy (non-hydrogen) atoms. The van der Waals surface area contributed by atoms with Gasteiger partial charge < -0.3 is 4.85 Å². The summed E-state index contributed by atoms with van der Waals surface area (Å²) < 4.78 is 0. The van der Waals surface area contributed by atoms with Crippen molar-refractivity contribution in [1.29, 1.82) is 0 Å². The van der Waals surface area contributed by atoms with Crippen molar-refractivity contribution in [3.05, 3.63) is 33.3 Å². The third-order valence-electron chi connectivity index (χ3n) is 1.67. The largest absolute Gasteiger partial charge is 0.317 e. The number of rotatable bonds is 3. The summed E-state index contributed by atoms with van der Waals surface area (Å²) >= 11 is 1.77. The fourth-order valence-corrected chi connectivity index (χ4v) is 2.03. The zero-order valence-electron chi connectivity index (χ0n) is 6.63. The first-order chi connectivity index (χ1) is 5.38. The van der Waals surface area contributed by atoms with Crippen LogP contribution in [0.1, 0.15) is 17.4 Å². The van der Waals surface area contributed by atoms with Crippen molar-refractivity contribution >= 4 is 11.3 Å². The van der Waals surface area contributed by atoms with E-state index >= 15 is 0 Å². The predicted molar refractivity (Wildman–Crippen MR) is 48.9 cm³/mol. The van der Waals surface area contributed by atoms with Gasteiger partial charge in [0.05, 0.1) is 6.42 Å². The van der Waals surface area contributed by atoms with Crippen molar-refractivity contribution in [2.24, 2.45) is 0 Å². The maximum atomic E-state index is 6.66. The van der Waals surface area contributed by atoms with Crippen LogP contribution in [-0.2, 0) is 12.8 Å². The first kappa shape index (κ1) is 8.29. The maximum Gasteiger partial charge on any atom is 0.219 e. The Morgan fingerprint density at radius 3 is 3.09 bits per heavy atom. The highest BCUT2D eigenvalue weighted by molar-refractivity contribution is 7.10. The molecule has 0 saturated carbocycles. The summed E-state index contributed by atoms with van der Waals surface area (Å²) in [4.78, 5) is 4.73. The lowest BCUT2D eigenvalue weighted by Crippen LogP contribution is -1.88. The fourth-order valence-electron chi connectivity index (χ4n) is 1.06. The van der Waals surface area contributed by atoms with Gasteiger partial charge in [-0.1, -0.05) is 6.92 Å². The smallest absolute Gasteiger partial charge is 0.219 e. The van der Waals surface area contributed by atoms with E-state index in [1.165, 1.54) is 10.4 Å². The molecule has 0 aromatic carbocycles. The minimum absolute atomic E-state index is 0.632. The lowest BCUT2D eigenvalue weighted by atomic mass is 10.2. The van der Waals surface area contributed by atoms with Crippen molar-refractivity contribution in [3.8, 4) is 0 Å². The summed E-state index contributed by atoms with van der Waals surface area (Å²) in [6.45, 7) is 9.45. The lowest BCUT2D eigenvalue weighted by Gasteiger charge is -1.94. The van der Waals surface area contributed by atoms with Crippen molar-refractivity contribution < 1.29 is 0 Å². The normalized spacial score (nSPS) is 9.45. The van der Waals surface area contributed by atoms with Gasteiger partial charge in [0.15, 0.2) is 0 Å². The average molecular weight is 165 g/mol. The highest BCUT2D eigenvalue weighted by atomic mass is 32.1. The summed E-state index contributed by atoms with van der Waals surface area (Å²) in [6.07, 6.45) is 2.03. The van der Waals surface area contributed by atoms with Gasteiger partial charge in [0.25, 0.3) is 0 Å². The Labute approximate surface area is 71.5 Å². The third-order valence-corrected chi connectivity index (χ3v) is 2.69. The van der Waals surface area contributed by atoms with Crippen molar-refractivity contribution in [1.82, 2.24) is 0 Å². The minimum Gasteiger partial charge on any atom is -0.317 e. The van der Waals surface area contributed by atoms with E-state index in [0.717, 1.165) is 12.8 Å². The van der Waals surface area contributed by atoms with Crippen LogP contribution in [0.5, 0.6) is 0 Å². The molecule has 0 aliphatic heterocycles. The molecule has 0 spiro atoms. The zero-order chi connectivity index (χ0) is 8.10. The SMILES string of the molecule is [C-]#[N+]CCc1sccc1CC. The molecule has 0 atom stereocenters. The zero-order valence-corrected chi connectivity index (χ0v) is 7.45. The molecule has 0 unspecified atom stereocenters. The summed E-state index contributed by atoms with van der Waals surface area (Å²) in [5.41, 5.74) is 1.42. The quantitative estimate of drug-likeness (QED) is 0.607. The van der Waals surface area contributed by atoms with Crippen LogP contribution in [0.25, 0.3) is 4.85 Å². The standard InChI is InChI=1S/C9H11NS/c1-3-8-5-7-11-9(8)4-6-10-2/h5,7H,3-4,6H2,1H3. The van der Waals surface area contributed by atoms with E-state index in [1.54, 1.807) is 11.3 Å². The van der Waals surface area contributed by atoms with Crippen molar-refractivity contribution in [3.63, 3.8) is 0 Å². The van der Waals surface area contributed by atoms with E-state index in [2.05, 4.69) is 23.2 Å². The predicted octanol–water partition coefficient (Wildman–Crippen LogP) is 2.77. The molecule has 0 radical (unpaired) electrons. The van der Waals surface area contributed by atoms with E-state index in [9.17, 15) is 0 Å². The number of thiophene rings is 1. The van der Waals surface area contributed by atoms with Gasteiger partial charge in [0.1, 0.15) is 0 Å². The fraction of sp³-hybridized carbons (Fsp3) is 0.444. The Morgan fingerprint density at radius 1 is 1.64 bits per heavy atom. The van der Waals surface area contributed by atoms with Crippen molar-refractivity contribution in [2.75, 3.05) is 6.54 Å². The molecule has 1 rings (SSSR count). The first-order valence-electron chi connectivity index (χ1n) is 3.77. The van der Waals surface area contributed by atoms with Crippen LogP contribution in [0.4, 0.5) is 0 Å². The number of hydrogen-bond acceptors (Lipinski definition) is 1. The van der Waals surface area contributed by atoms with Crippen LogP contribution in [0.2, 0.25) is 0 Å². The molecule has 58 valence electrons. The summed E-state index contributed by atoms with van der Waals surface area (Å²) in [5, 5.41) is 2.11. The monoisotopic (exact) mass is 165 g/mol. The van der Waals surface area contributed by atoms with Crippen LogP contribution in [0.3, 0.4) is 0 Å². The highest BCUT2D eigenvalue weighted by Crippen LogP contribution is 2.17. The van der Waals surface area contributed by atoms with E-state index in [4.69, 9.17) is 6.57 Å². The van der Waals surface area contributed by atoms with Gasteiger partial charge in [-0.3, -0.25) is 0 Å². The molecule has 1 heterocycles. The molecule has 0 aliphatic carbocycles. The second kappa shape index (κ2) is 4.15. The van der Waals surface area contributed by atoms with Crippen LogP contribution in [0, 0.1) is 6.57 Å². The summed E-state index contributed by atoms with van der Waals surface area (Å²) in [7, 11) is 0. The second-order valence-corrected chi connectivity index (χ2v) is 3.35. The Morgan fingerprint density at radius 2 is 2.45 bits per heavy atom. The average Bonchev–Trinajstić information content (AvgIpc) is 2.47. The van der Waals surface area contributed by atoms with E-state index < -0.39 is 0 Å². The Bertz CT molecular complexity index is 257. The number of aryl methyl sites for hydroxylation is 1. The van der Waals surface area contributed by atoms with Gasteiger partial charge in [-0.05, 0) is 23.4 Å². The Hall–Kier alpha value is -0.810. The Balaban J connectivity index is 2.62. The molecule has 0 aliphatic rings. The minimum atomic E-state index is 0.632. The molecule has 0 saturated heterocycles. The van der Waals surface area contributed by atoms with Crippen LogP contribution < -0.4 is 0 Å². The lowest BCUT2D eigenvalue weighted by molar-refractivity contribution is 1.04. The number of nitrogens with zero attached hydrogens (tertiary/aromatic N) is 1. The molecular weight excluding hydrogens is 154 g/mol. The van der Waals surface area contributed by atoms with Crippen LogP contribution >= 0.6 is 11.3 Å². The molecule has 2 heteroatoms. The van der Waals surface area contributed by atoms with Gasteiger partial charge in [0, 0.05) is 4.88 Å². The van der Waals surface area contributed by atoms with Crippen LogP contribution in [-0.4, -0.2) is 6.54 Å². The second-order valence-electron chi connectivity index (χ2n) is 2.35. The summed E-state index contributed by atoms with van der Waals surface area (Å²) in [6, 6.07) is 2.16.